The van der Waals surface area contributed by atoms with E-state index in [1.165, 1.54) is 5.56 Å². The molecule has 2 unspecified atom stereocenters. The van der Waals surface area contributed by atoms with Crippen molar-refractivity contribution < 1.29 is 4.74 Å². The fraction of sp³-hybridized carbons (Fsp3) is 0.667. The standard InChI is InChI=1S/C15H25N3O/c1-12(16-3)13-6-8-17-14(10-13)18-9-5-7-15(2,11-18)19-4/h6,8,10,12,16H,5,7,9,11H2,1-4H3. The minimum atomic E-state index is -0.0510. The Hall–Kier alpha value is -1.13. The second kappa shape index (κ2) is 5.88. The number of rotatable bonds is 4. The number of pyridine rings is 1. The first kappa shape index (κ1) is 14.3. The van der Waals surface area contributed by atoms with Crippen LogP contribution in [0.2, 0.25) is 0 Å². The molecule has 0 aromatic carbocycles. The van der Waals surface area contributed by atoms with Crippen LogP contribution in [0.1, 0.15) is 38.3 Å². The van der Waals surface area contributed by atoms with Gasteiger partial charge in [-0.1, -0.05) is 0 Å². The van der Waals surface area contributed by atoms with Crippen LogP contribution < -0.4 is 10.2 Å². The maximum Gasteiger partial charge on any atom is 0.128 e. The predicted molar refractivity (Wildman–Crippen MR) is 78.6 cm³/mol. The predicted octanol–water partition coefficient (Wildman–Crippen LogP) is 2.37. The lowest BCUT2D eigenvalue weighted by molar-refractivity contribution is -0.00481. The average molecular weight is 263 g/mol. The summed E-state index contributed by atoms with van der Waals surface area (Å²) in [5, 5.41) is 3.27. The van der Waals surface area contributed by atoms with Gasteiger partial charge in [0, 0.05) is 32.4 Å². The molecule has 4 heteroatoms. The third-order valence-electron chi connectivity index (χ3n) is 4.18. The van der Waals surface area contributed by atoms with Gasteiger partial charge in [-0.25, -0.2) is 4.98 Å². The second-order valence-electron chi connectivity index (χ2n) is 5.64. The lowest BCUT2D eigenvalue weighted by Crippen LogP contribution is -2.47. The molecule has 0 aliphatic carbocycles. The Morgan fingerprint density at radius 2 is 2.32 bits per heavy atom. The molecule has 1 aromatic heterocycles. The molecule has 0 radical (unpaired) electrons. The Kier molecular flexibility index (Phi) is 4.42. The van der Waals surface area contributed by atoms with Crippen molar-refractivity contribution in [2.24, 2.45) is 0 Å². The van der Waals surface area contributed by atoms with Crippen molar-refractivity contribution >= 4 is 5.82 Å². The van der Waals surface area contributed by atoms with Gasteiger partial charge in [0.2, 0.25) is 0 Å². The molecule has 1 aromatic rings. The van der Waals surface area contributed by atoms with E-state index in [1.54, 1.807) is 7.11 Å². The number of nitrogens with one attached hydrogen (secondary N) is 1. The van der Waals surface area contributed by atoms with E-state index in [0.717, 1.165) is 31.7 Å². The minimum Gasteiger partial charge on any atom is -0.377 e. The summed E-state index contributed by atoms with van der Waals surface area (Å²) in [6, 6.07) is 4.60. The summed E-state index contributed by atoms with van der Waals surface area (Å²) in [5.74, 6) is 1.06. The van der Waals surface area contributed by atoms with E-state index in [4.69, 9.17) is 4.74 Å². The van der Waals surface area contributed by atoms with Gasteiger partial charge in [0.25, 0.3) is 0 Å². The number of ether oxygens (including phenoxy) is 1. The Balaban J connectivity index is 2.17. The average Bonchev–Trinajstić information content (AvgIpc) is 2.46. The van der Waals surface area contributed by atoms with Crippen molar-refractivity contribution in [1.29, 1.82) is 0 Å². The highest BCUT2D eigenvalue weighted by Crippen LogP contribution is 2.28. The molecule has 1 N–H and O–H groups in total. The third-order valence-corrected chi connectivity index (χ3v) is 4.18. The molecular formula is C15H25N3O. The Bertz CT molecular complexity index is 424. The summed E-state index contributed by atoms with van der Waals surface area (Å²) in [4.78, 5) is 6.85. The van der Waals surface area contributed by atoms with E-state index in [0.29, 0.717) is 6.04 Å². The number of methoxy groups -OCH3 is 1. The first-order valence-electron chi connectivity index (χ1n) is 7.01. The Morgan fingerprint density at radius 3 is 3.00 bits per heavy atom. The molecular weight excluding hydrogens is 238 g/mol. The molecule has 19 heavy (non-hydrogen) atoms. The molecule has 1 aliphatic heterocycles. The molecule has 0 spiro atoms. The van der Waals surface area contributed by atoms with Crippen LogP contribution in [0, 0.1) is 0 Å². The smallest absolute Gasteiger partial charge is 0.128 e. The number of aromatic nitrogens is 1. The maximum atomic E-state index is 5.65. The topological polar surface area (TPSA) is 37.4 Å². The number of hydrogen-bond acceptors (Lipinski definition) is 4. The highest BCUT2D eigenvalue weighted by molar-refractivity contribution is 5.42. The van der Waals surface area contributed by atoms with Crippen molar-refractivity contribution in [2.45, 2.75) is 38.3 Å². The fourth-order valence-electron chi connectivity index (χ4n) is 2.61. The molecule has 0 amide bonds. The SMILES string of the molecule is CNC(C)c1ccnc(N2CCCC(C)(OC)C2)c1. The van der Waals surface area contributed by atoms with Crippen LogP contribution in [0.3, 0.4) is 0 Å². The molecule has 1 saturated heterocycles. The van der Waals surface area contributed by atoms with Crippen LogP contribution in [0.5, 0.6) is 0 Å². The zero-order valence-corrected chi connectivity index (χ0v) is 12.4. The first-order valence-corrected chi connectivity index (χ1v) is 7.01. The summed E-state index contributed by atoms with van der Waals surface area (Å²) in [6.07, 6.45) is 4.17. The second-order valence-corrected chi connectivity index (χ2v) is 5.64. The summed E-state index contributed by atoms with van der Waals surface area (Å²) in [7, 11) is 3.78. The van der Waals surface area contributed by atoms with Crippen molar-refractivity contribution in [3.05, 3.63) is 23.9 Å². The molecule has 4 nitrogen and oxygen atoms in total. The minimum absolute atomic E-state index is 0.0510. The molecule has 2 rings (SSSR count). The van der Waals surface area contributed by atoms with Gasteiger partial charge < -0.3 is 15.0 Å². The van der Waals surface area contributed by atoms with E-state index < -0.39 is 0 Å². The summed E-state index contributed by atoms with van der Waals surface area (Å²) in [6.45, 7) is 6.31. The van der Waals surface area contributed by atoms with Crippen molar-refractivity contribution in [1.82, 2.24) is 10.3 Å². The van der Waals surface area contributed by atoms with E-state index >= 15 is 0 Å². The van der Waals surface area contributed by atoms with Crippen LogP contribution >= 0.6 is 0 Å². The van der Waals surface area contributed by atoms with Crippen LogP contribution in [0.25, 0.3) is 0 Å². The Labute approximate surface area is 116 Å². The van der Waals surface area contributed by atoms with Gasteiger partial charge in [0.05, 0.1) is 5.60 Å². The van der Waals surface area contributed by atoms with Crippen LogP contribution in [0.4, 0.5) is 5.82 Å². The summed E-state index contributed by atoms with van der Waals surface area (Å²) >= 11 is 0. The van der Waals surface area contributed by atoms with Gasteiger partial charge in [-0.05, 0) is 51.4 Å². The molecule has 1 fully saturated rings. The molecule has 0 saturated carbocycles. The number of anilines is 1. The van der Waals surface area contributed by atoms with Gasteiger partial charge >= 0.3 is 0 Å². The zero-order valence-electron chi connectivity index (χ0n) is 12.4. The third kappa shape index (κ3) is 3.25. The molecule has 2 atom stereocenters. The van der Waals surface area contributed by atoms with E-state index in [-0.39, 0.29) is 5.60 Å². The molecule has 2 heterocycles. The van der Waals surface area contributed by atoms with Gasteiger partial charge in [0.15, 0.2) is 0 Å². The monoisotopic (exact) mass is 263 g/mol. The van der Waals surface area contributed by atoms with Crippen LogP contribution in [0.15, 0.2) is 18.3 Å². The summed E-state index contributed by atoms with van der Waals surface area (Å²) < 4.78 is 5.65. The lowest BCUT2D eigenvalue weighted by Gasteiger charge is -2.40. The number of nitrogens with zero attached hydrogens (tertiary/aromatic N) is 2. The van der Waals surface area contributed by atoms with Crippen molar-refractivity contribution in [2.75, 3.05) is 32.1 Å². The first-order chi connectivity index (χ1) is 9.08. The number of hydrogen-bond donors (Lipinski definition) is 1. The quantitative estimate of drug-likeness (QED) is 0.905. The zero-order chi connectivity index (χ0) is 13.9. The molecule has 106 valence electrons. The highest BCUT2D eigenvalue weighted by Gasteiger charge is 2.31. The highest BCUT2D eigenvalue weighted by atomic mass is 16.5. The lowest BCUT2D eigenvalue weighted by atomic mass is 9.94. The summed E-state index contributed by atoms with van der Waals surface area (Å²) in [5.41, 5.74) is 1.22. The number of piperidine rings is 1. The van der Waals surface area contributed by atoms with E-state index in [1.807, 2.05) is 13.2 Å². The van der Waals surface area contributed by atoms with E-state index in [9.17, 15) is 0 Å². The maximum absolute atomic E-state index is 5.65. The van der Waals surface area contributed by atoms with Gasteiger partial charge in [-0.15, -0.1) is 0 Å². The van der Waals surface area contributed by atoms with Gasteiger partial charge in [-0.3, -0.25) is 0 Å². The van der Waals surface area contributed by atoms with Gasteiger partial charge in [0.1, 0.15) is 5.82 Å². The molecule has 1 aliphatic rings. The molecule has 0 bridgehead atoms. The van der Waals surface area contributed by atoms with Gasteiger partial charge in [-0.2, -0.15) is 0 Å². The Morgan fingerprint density at radius 1 is 1.53 bits per heavy atom. The van der Waals surface area contributed by atoms with Crippen LogP contribution in [-0.4, -0.2) is 37.8 Å². The van der Waals surface area contributed by atoms with Crippen molar-refractivity contribution in [3.8, 4) is 0 Å². The normalized spacial score (nSPS) is 25.4. The van der Waals surface area contributed by atoms with Crippen molar-refractivity contribution in [3.63, 3.8) is 0 Å². The largest absolute Gasteiger partial charge is 0.377 e. The van der Waals surface area contributed by atoms with Crippen LogP contribution in [-0.2, 0) is 4.74 Å². The fourth-order valence-corrected chi connectivity index (χ4v) is 2.61. The van der Waals surface area contributed by atoms with E-state index in [2.05, 4.69) is 41.2 Å².